The highest BCUT2D eigenvalue weighted by atomic mass is 19.1. The Bertz CT molecular complexity index is 914. The van der Waals surface area contributed by atoms with E-state index in [1.54, 1.807) is 18.5 Å². The van der Waals surface area contributed by atoms with Gasteiger partial charge in [-0.3, -0.25) is 9.78 Å². The Morgan fingerprint density at radius 3 is 2.83 bits per heavy atom. The summed E-state index contributed by atoms with van der Waals surface area (Å²) in [6, 6.07) is 8.06. The molecule has 4 rings (SSSR count). The average molecular weight is 322 g/mol. The fraction of sp³-hybridized carbons (Fsp3) is 0.158. The van der Waals surface area contributed by atoms with Crippen molar-refractivity contribution in [2.75, 3.05) is 5.32 Å². The number of nitrogens with zero attached hydrogens (tertiary/aromatic N) is 1. The summed E-state index contributed by atoms with van der Waals surface area (Å²) in [5.41, 5.74) is 2.84. The first-order valence-corrected chi connectivity index (χ1v) is 7.63. The van der Waals surface area contributed by atoms with Crippen molar-refractivity contribution in [3.8, 4) is 0 Å². The van der Waals surface area contributed by atoms with Crippen LogP contribution in [-0.4, -0.2) is 16.5 Å². The number of carbonyl (C=O) groups is 1. The van der Waals surface area contributed by atoms with Crippen molar-refractivity contribution < 1.29 is 13.9 Å². The lowest BCUT2D eigenvalue weighted by Gasteiger charge is -2.23. The van der Waals surface area contributed by atoms with Crippen LogP contribution in [0.15, 0.2) is 54.6 Å². The Balaban J connectivity index is 1.88. The largest absolute Gasteiger partial charge is 0.482 e. The number of anilines is 1. The number of hydrogen-bond acceptors (Lipinski definition) is 3. The van der Waals surface area contributed by atoms with Crippen LogP contribution in [0.3, 0.4) is 0 Å². The summed E-state index contributed by atoms with van der Waals surface area (Å²) in [4.78, 5) is 16.5. The van der Waals surface area contributed by atoms with Crippen molar-refractivity contribution >= 4 is 22.7 Å². The lowest BCUT2D eigenvalue weighted by Crippen LogP contribution is -2.21. The molecule has 2 aliphatic heterocycles. The van der Waals surface area contributed by atoms with Crippen molar-refractivity contribution in [2.45, 2.75) is 19.4 Å². The number of halogens is 1. The topological polar surface area (TPSA) is 51.2 Å². The summed E-state index contributed by atoms with van der Waals surface area (Å²) in [6.45, 7) is 3.88. The highest BCUT2D eigenvalue weighted by molar-refractivity contribution is 6.32. The van der Waals surface area contributed by atoms with Gasteiger partial charge >= 0.3 is 0 Å². The van der Waals surface area contributed by atoms with Gasteiger partial charge in [-0.05, 0) is 44.2 Å². The quantitative estimate of drug-likeness (QED) is 0.813. The molecule has 0 unspecified atom stereocenters. The zero-order chi connectivity index (χ0) is 16.9. The third-order valence-corrected chi connectivity index (χ3v) is 4.23. The number of pyridine rings is 1. The molecule has 0 fully saturated rings. The SMILES string of the molecule is CC1(C)OC(=C2C(=O)Nc3cc(F)ccc32)C=C1c1cccnc1. The van der Waals surface area contributed by atoms with Crippen molar-refractivity contribution in [1.82, 2.24) is 4.98 Å². The third kappa shape index (κ3) is 2.21. The Kier molecular flexibility index (Phi) is 3.06. The number of allylic oxidation sites excluding steroid dienone is 1. The van der Waals surface area contributed by atoms with Crippen LogP contribution in [0.25, 0.3) is 11.1 Å². The number of hydrogen-bond donors (Lipinski definition) is 1. The minimum Gasteiger partial charge on any atom is -0.482 e. The van der Waals surface area contributed by atoms with E-state index in [1.165, 1.54) is 12.1 Å². The van der Waals surface area contributed by atoms with Gasteiger partial charge in [0.1, 0.15) is 17.2 Å². The maximum Gasteiger partial charge on any atom is 0.260 e. The minimum absolute atomic E-state index is 0.287. The third-order valence-electron chi connectivity index (χ3n) is 4.23. The molecule has 1 aromatic carbocycles. The molecule has 2 aromatic rings. The summed E-state index contributed by atoms with van der Waals surface area (Å²) < 4.78 is 19.4. The lowest BCUT2D eigenvalue weighted by atomic mass is 9.93. The fourth-order valence-corrected chi connectivity index (χ4v) is 3.13. The van der Waals surface area contributed by atoms with E-state index in [4.69, 9.17) is 4.74 Å². The molecule has 0 saturated heterocycles. The first-order chi connectivity index (χ1) is 11.5. The number of ether oxygens (including phenoxy) is 1. The van der Waals surface area contributed by atoms with Gasteiger partial charge in [-0.2, -0.15) is 0 Å². The first-order valence-electron chi connectivity index (χ1n) is 7.63. The van der Waals surface area contributed by atoms with Gasteiger partial charge < -0.3 is 10.1 Å². The zero-order valence-electron chi connectivity index (χ0n) is 13.3. The molecule has 24 heavy (non-hydrogen) atoms. The van der Waals surface area contributed by atoms with Gasteiger partial charge in [0.25, 0.3) is 5.91 Å². The minimum atomic E-state index is -0.589. The molecule has 1 N–H and O–H groups in total. The first kappa shape index (κ1) is 14.6. The Morgan fingerprint density at radius 1 is 1.25 bits per heavy atom. The number of rotatable bonds is 1. The summed E-state index contributed by atoms with van der Waals surface area (Å²) in [7, 11) is 0. The molecule has 2 aliphatic rings. The number of nitrogens with one attached hydrogen (secondary N) is 1. The standard InChI is InChI=1S/C19H15FN2O2/c1-19(2)14(11-4-3-7-21-10-11)9-16(24-19)17-13-6-5-12(20)8-15(13)22-18(17)23/h3-10H,1-2H3,(H,22,23). The Hall–Kier alpha value is -2.95. The van der Waals surface area contributed by atoms with Gasteiger partial charge in [-0.1, -0.05) is 6.07 Å². The number of benzene rings is 1. The molecule has 5 heteroatoms. The number of amides is 1. The Morgan fingerprint density at radius 2 is 2.08 bits per heavy atom. The van der Waals surface area contributed by atoms with E-state index in [1.807, 2.05) is 32.1 Å². The molecule has 1 aromatic heterocycles. The van der Waals surface area contributed by atoms with Crippen LogP contribution in [0.1, 0.15) is 25.0 Å². The molecular formula is C19H15FN2O2. The molecule has 0 aliphatic carbocycles. The summed E-state index contributed by atoms with van der Waals surface area (Å²) in [5, 5.41) is 2.69. The number of carbonyl (C=O) groups excluding carboxylic acids is 1. The molecule has 4 nitrogen and oxygen atoms in total. The lowest BCUT2D eigenvalue weighted by molar-refractivity contribution is -0.111. The van der Waals surface area contributed by atoms with Crippen LogP contribution < -0.4 is 5.32 Å². The second kappa shape index (κ2) is 5.03. The van der Waals surface area contributed by atoms with Gasteiger partial charge in [0.05, 0.1) is 11.3 Å². The highest BCUT2D eigenvalue weighted by Gasteiger charge is 2.38. The molecule has 1 amide bonds. The van der Waals surface area contributed by atoms with E-state index in [0.717, 1.165) is 11.1 Å². The van der Waals surface area contributed by atoms with Crippen LogP contribution in [0, 0.1) is 5.82 Å². The van der Waals surface area contributed by atoms with Crippen molar-refractivity contribution in [3.05, 3.63) is 71.5 Å². The Labute approximate surface area is 138 Å². The van der Waals surface area contributed by atoms with Gasteiger partial charge in [0.2, 0.25) is 0 Å². The van der Waals surface area contributed by atoms with E-state index < -0.39 is 5.60 Å². The number of aromatic nitrogens is 1. The maximum absolute atomic E-state index is 13.4. The molecule has 0 spiro atoms. The molecule has 0 atom stereocenters. The number of fused-ring (bicyclic) bond motifs is 1. The highest BCUT2D eigenvalue weighted by Crippen LogP contribution is 2.44. The average Bonchev–Trinajstić information content (AvgIpc) is 3.02. The van der Waals surface area contributed by atoms with Crippen LogP contribution >= 0.6 is 0 Å². The van der Waals surface area contributed by atoms with Crippen LogP contribution in [0.5, 0.6) is 0 Å². The second-order valence-corrected chi connectivity index (χ2v) is 6.30. The van der Waals surface area contributed by atoms with Crippen molar-refractivity contribution in [2.24, 2.45) is 0 Å². The summed E-state index contributed by atoms with van der Waals surface area (Å²) in [5.74, 6) is -0.189. The zero-order valence-corrected chi connectivity index (χ0v) is 13.3. The van der Waals surface area contributed by atoms with E-state index in [-0.39, 0.29) is 11.7 Å². The van der Waals surface area contributed by atoms with E-state index in [0.29, 0.717) is 22.6 Å². The van der Waals surface area contributed by atoms with E-state index >= 15 is 0 Å². The van der Waals surface area contributed by atoms with Crippen LogP contribution in [-0.2, 0) is 9.53 Å². The normalized spacial score (nSPS) is 21.1. The predicted octanol–water partition coefficient (Wildman–Crippen LogP) is 3.78. The van der Waals surface area contributed by atoms with Gasteiger partial charge in [0, 0.05) is 29.1 Å². The van der Waals surface area contributed by atoms with Gasteiger partial charge in [-0.15, -0.1) is 0 Å². The predicted molar refractivity (Wildman–Crippen MR) is 89.3 cm³/mol. The maximum atomic E-state index is 13.4. The van der Waals surface area contributed by atoms with E-state index in [9.17, 15) is 9.18 Å². The van der Waals surface area contributed by atoms with E-state index in [2.05, 4.69) is 10.3 Å². The summed E-state index contributed by atoms with van der Waals surface area (Å²) in [6.07, 6.45) is 5.34. The van der Waals surface area contributed by atoms with Crippen molar-refractivity contribution in [3.63, 3.8) is 0 Å². The molecule has 0 radical (unpaired) electrons. The molecular weight excluding hydrogens is 307 g/mol. The molecule has 120 valence electrons. The van der Waals surface area contributed by atoms with Crippen molar-refractivity contribution in [1.29, 1.82) is 0 Å². The van der Waals surface area contributed by atoms with Crippen LogP contribution in [0.2, 0.25) is 0 Å². The smallest absolute Gasteiger partial charge is 0.260 e. The summed E-state index contributed by atoms with van der Waals surface area (Å²) >= 11 is 0. The molecule has 0 bridgehead atoms. The molecule has 0 saturated carbocycles. The van der Waals surface area contributed by atoms with Gasteiger partial charge in [-0.25, -0.2) is 4.39 Å². The second-order valence-electron chi connectivity index (χ2n) is 6.30. The molecule has 3 heterocycles. The van der Waals surface area contributed by atoms with Gasteiger partial charge in [0.15, 0.2) is 0 Å². The fourth-order valence-electron chi connectivity index (χ4n) is 3.13. The monoisotopic (exact) mass is 322 g/mol. The van der Waals surface area contributed by atoms with Crippen LogP contribution in [0.4, 0.5) is 10.1 Å².